The second-order valence-corrected chi connectivity index (χ2v) is 7.27. The molecule has 1 saturated carbocycles. The van der Waals surface area contributed by atoms with Crippen LogP contribution in [0.5, 0.6) is 0 Å². The Morgan fingerprint density at radius 3 is 2.59 bits per heavy atom. The molecule has 3 aliphatic rings. The van der Waals surface area contributed by atoms with Crippen LogP contribution in [0.25, 0.3) is 0 Å². The summed E-state index contributed by atoms with van der Waals surface area (Å²) in [7, 11) is 0. The Hall–Kier alpha value is -1.96. The molecule has 27 heavy (non-hydrogen) atoms. The first-order chi connectivity index (χ1) is 12.6. The van der Waals surface area contributed by atoms with E-state index in [0.717, 1.165) is 25.7 Å². The second-order valence-electron chi connectivity index (χ2n) is 7.27. The molecule has 146 valence electrons. The van der Waals surface area contributed by atoms with Crippen molar-refractivity contribution in [1.82, 2.24) is 10.2 Å². The number of carbonyl (C=O) groups is 3. The molecule has 3 amide bonds. The van der Waals surface area contributed by atoms with Crippen molar-refractivity contribution in [2.75, 3.05) is 19.7 Å². The van der Waals surface area contributed by atoms with Crippen molar-refractivity contribution in [2.45, 2.75) is 37.8 Å². The van der Waals surface area contributed by atoms with Crippen LogP contribution in [0.1, 0.15) is 56.8 Å². The second kappa shape index (κ2) is 7.96. The molecule has 4 rings (SSSR count). The standard InChI is InChI=1S/C19H23N3O4.ClH/c20-9-16(11-3-4-11)21-17(23)12-5-6-14-15(8-12)19(25)22(18(14)24)10-13-2-1-7-26-13;/h5-6,8,11,13,16H,1-4,7,9-10,20H2,(H,21,23);1H. The summed E-state index contributed by atoms with van der Waals surface area (Å²) in [6.45, 7) is 1.33. The van der Waals surface area contributed by atoms with Gasteiger partial charge in [-0.1, -0.05) is 0 Å². The third-order valence-corrected chi connectivity index (χ3v) is 5.40. The van der Waals surface area contributed by atoms with Gasteiger partial charge in [-0.3, -0.25) is 19.3 Å². The van der Waals surface area contributed by atoms with Crippen LogP contribution in [-0.2, 0) is 4.74 Å². The van der Waals surface area contributed by atoms with Crippen molar-refractivity contribution in [3.63, 3.8) is 0 Å². The third kappa shape index (κ3) is 3.85. The highest BCUT2D eigenvalue weighted by Gasteiger charge is 2.38. The minimum Gasteiger partial charge on any atom is -0.376 e. The van der Waals surface area contributed by atoms with Gasteiger partial charge in [0.05, 0.1) is 23.8 Å². The molecule has 3 N–H and O–H groups in total. The van der Waals surface area contributed by atoms with Crippen LogP contribution in [-0.4, -0.2) is 54.5 Å². The van der Waals surface area contributed by atoms with Gasteiger partial charge in [0.15, 0.2) is 0 Å². The average Bonchev–Trinajstić information content (AvgIpc) is 3.32. The van der Waals surface area contributed by atoms with Crippen molar-refractivity contribution in [2.24, 2.45) is 11.7 Å². The largest absolute Gasteiger partial charge is 0.376 e. The van der Waals surface area contributed by atoms with E-state index in [9.17, 15) is 14.4 Å². The number of carbonyl (C=O) groups excluding carboxylic acids is 3. The Morgan fingerprint density at radius 2 is 1.96 bits per heavy atom. The molecule has 1 aromatic rings. The van der Waals surface area contributed by atoms with E-state index >= 15 is 0 Å². The lowest BCUT2D eigenvalue weighted by Gasteiger charge is -2.17. The van der Waals surface area contributed by atoms with Gasteiger partial charge in [0.1, 0.15) is 0 Å². The van der Waals surface area contributed by atoms with E-state index in [4.69, 9.17) is 10.5 Å². The number of rotatable bonds is 6. The van der Waals surface area contributed by atoms with Crippen molar-refractivity contribution in [3.05, 3.63) is 34.9 Å². The highest BCUT2D eigenvalue weighted by Crippen LogP contribution is 2.32. The molecule has 2 atom stereocenters. The maximum absolute atomic E-state index is 12.7. The molecule has 1 saturated heterocycles. The van der Waals surface area contributed by atoms with Crippen LogP contribution in [0.15, 0.2) is 18.2 Å². The molecule has 0 radical (unpaired) electrons. The fourth-order valence-electron chi connectivity index (χ4n) is 3.71. The highest BCUT2D eigenvalue weighted by atomic mass is 35.5. The normalized spacial score (nSPS) is 22.4. The molecule has 0 bridgehead atoms. The Bertz CT molecular complexity index is 759. The van der Waals surface area contributed by atoms with Crippen LogP contribution >= 0.6 is 12.4 Å². The fraction of sp³-hybridized carbons (Fsp3) is 0.526. The van der Waals surface area contributed by atoms with E-state index in [1.807, 2.05) is 0 Å². The lowest BCUT2D eigenvalue weighted by atomic mass is 10.0. The molecule has 2 heterocycles. The lowest BCUT2D eigenvalue weighted by molar-refractivity contribution is 0.0475. The number of benzene rings is 1. The highest BCUT2D eigenvalue weighted by molar-refractivity contribution is 6.22. The minimum absolute atomic E-state index is 0. The molecular weight excluding hydrogens is 370 g/mol. The summed E-state index contributed by atoms with van der Waals surface area (Å²) < 4.78 is 5.53. The molecule has 1 aromatic carbocycles. The molecule has 7 nitrogen and oxygen atoms in total. The van der Waals surface area contributed by atoms with Crippen LogP contribution < -0.4 is 11.1 Å². The first-order valence-electron chi connectivity index (χ1n) is 9.21. The Morgan fingerprint density at radius 1 is 1.22 bits per heavy atom. The van der Waals surface area contributed by atoms with Gasteiger partial charge in [-0.2, -0.15) is 0 Å². The summed E-state index contributed by atoms with van der Waals surface area (Å²) in [5.74, 6) is -0.477. The zero-order valence-electron chi connectivity index (χ0n) is 15.0. The van der Waals surface area contributed by atoms with E-state index in [1.165, 1.54) is 11.0 Å². The number of nitrogens with zero attached hydrogens (tertiary/aromatic N) is 1. The zero-order chi connectivity index (χ0) is 18.3. The van der Waals surface area contributed by atoms with Gasteiger partial charge < -0.3 is 15.8 Å². The van der Waals surface area contributed by atoms with E-state index in [0.29, 0.717) is 30.2 Å². The van der Waals surface area contributed by atoms with Gasteiger partial charge in [0.25, 0.3) is 17.7 Å². The molecule has 0 spiro atoms. The Labute approximate surface area is 164 Å². The van der Waals surface area contributed by atoms with Gasteiger partial charge in [0.2, 0.25) is 0 Å². The molecule has 1 aliphatic carbocycles. The van der Waals surface area contributed by atoms with Crippen molar-refractivity contribution in [1.29, 1.82) is 0 Å². The summed E-state index contributed by atoms with van der Waals surface area (Å²) in [5, 5.41) is 2.94. The number of hydrogen-bond acceptors (Lipinski definition) is 5. The van der Waals surface area contributed by atoms with Crippen molar-refractivity contribution >= 4 is 30.1 Å². The van der Waals surface area contributed by atoms with E-state index in [-0.39, 0.29) is 54.4 Å². The number of nitrogens with one attached hydrogen (secondary N) is 1. The van der Waals surface area contributed by atoms with Gasteiger partial charge in [-0.05, 0) is 49.8 Å². The topological polar surface area (TPSA) is 102 Å². The smallest absolute Gasteiger partial charge is 0.261 e. The van der Waals surface area contributed by atoms with Gasteiger partial charge in [0, 0.05) is 24.8 Å². The summed E-state index contributed by atoms with van der Waals surface area (Å²) in [5.41, 5.74) is 6.75. The van der Waals surface area contributed by atoms with Gasteiger partial charge >= 0.3 is 0 Å². The third-order valence-electron chi connectivity index (χ3n) is 5.40. The SMILES string of the molecule is Cl.NCC(NC(=O)c1ccc2c(c1)C(=O)N(CC1CCCO1)C2=O)C1CC1. The number of halogens is 1. The van der Waals surface area contributed by atoms with E-state index in [1.54, 1.807) is 12.1 Å². The maximum Gasteiger partial charge on any atom is 0.261 e. The summed E-state index contributed by atoms with van der Waals surface area (Å²) in [6, 6.07) is 4.63. The number of nitrogens with two attached hydrogens (primary N) is 1. The first-order valence-corrected chi connectivity index (χ1v) is 9.21. The maximum atomic E-state index is 12.7. The molecule has 2 aliphatic heterocycles. The number of amides is 3. The summed E-state index contributed by atoms with van der Waals surface area (Å²) >= 11 is 0. The fourth-order valence-corrected chi connectivity index (χ4v) is 3.71. The number of hydrogen-bond donors (Lipinski definition) is 2. The van der Waals surface area contributed by atoms with E-state index in [2.05, 4.69) is 5.32 Å². The number of imide groups is 1. The van der Waals surface area contributed by atoms with Gasteiger partial charge in [-0.15, -0.1) is 12.4 Å². The van der Waals surface area contributed by atoms with Crippen molar-refractivity contribution < 1.29 is 19.1 Å². The van der Waals surface area contributed by atoms with Crippen LogP contribution in [0.4, 0.5) is 0 Å². The van der Waals surface area contributed by atoms with Crippen LogP contribution in [0.3, 0.4) is 0 Å². The predicted octanol–water partition coefficient (Wildman–Crippen LogP) is 1.35. The van der Waals surface area contributed by atoms with Crippen molar-refractivity contribution in [3.8, 4) is 0 Å². The van der Waals surface area contributed by atoms with Crippen LogP contribution in [0.2, 0.25) is 0 Å². The Kier molecular flexibility index (Phi) is 5.83. The zero-order valence-corrected chi connectivity index (χ0v) is 15.8. The molecule has 2 unspecified atom stereocenters. The number of fused-ring (bicyclic) bond motifs is 1. The first kappa shape index (κ1) is 19.8. The predicted molar refractivity (Wildman–Crippen MR) is 101 cm³/mol. The van der Waals surface area contributed by atoms with E-state index < -0.39 is 0 Å². The average molecular weight is 394 g/mol. The lowest BCUT2D eigenvalue weighted by Crippen LogP contribution is -2.41. The summed E-state index contributed by atoms with van der Waals surface area (Å²) in [6.07, 6.45) is 3.86. The Balaban J connectivity index is 0.00000210. The minimum atomic E-state index is -0.354. The molecule has 8 heteroatoms. The summed E-state index contributed by atoms with van der Waals surface area (Å²) in [4.78, 5) is 38.9. The molecule has 0 aromatic heterocycles. The van der Waals surface area contributed by atoms with Gasteiger partial charge in [-0.25, -0.2) is 0 Å². The molecule has 2 fully saturated rings. The quantitative estimate of drug-likeness (QED) is 0.710. The van der Waals surface area contributed by atoms with Crippen LogP contribution in [0, 0.1) is 5.92 Å². The monoisotopic (exact) mass is 393 g/mol. The number of ether oxygens (including phenoxy) is 1. The molecular formula is C19H24ClN3O4.